The van der Waals surface area contributed by atoms with Crippen LogP contribution in [0.5, 0.6) is 0 Å². The SMILES string of the molecule is O=C(CCSc1ccc(F)cc1)NC1CCNCC1. The van der Waals surface area contributed by atoms with Gasteiger partial charge in [0.05, 0.1) is 0 Å². The second-order valence-electron chi connectivity index (χ2n) is 4.64. The molecule has 0 radical (unpaired) electrons. The van der Waals surface area contributed by atoms with E-state index in [-0.39, 0.29) is 11.7 Å². The highest BCUT2D eigenvalue weighted by Crippen LogP contribution is 2.18. The lowest BCUT2D eigenvalue weighted by atomic mass is 10.1. The van der Waals surface area contributed by atoms with Crippen molar-refractivity contribution in [1.29, 1.82) is 0 Å². The van der Waals surface area contributed by atoms with E-state index in [2.05, 4.69) is 10.6 Å². The summed E-state index contributed by atoms with van der Waals surface area (Å²) in [6.45, 7) is 1.96. The first-order valence-electron chi connectivity index (χ1n) is 6.62. The molecule has 0 aliphatic carbocycles. The normalized spacial score (nSPS) is 16.3. The Morgan fingerprint density at radius 3 is 2.68 bits per heavy atom. The van der Waals surface area contributed by atoms with Crippen LogP contribution >= 0.6 is 11.8 Å². The van der Waals surface area contributed by atoms with Gasteiger partial charge >= 0.3 is 0 Å². The molecule has 5 heteroatoms. The van der Waals surface area contributed by atoms with Crippen LogP contribution in [-0.2, 0) is 4.79 Å². The summed E-state index contributed by atoms with van der Waals surface area (Å²) in [5, 5.41) is 6.33. The van der Waals surface area contributed by atoms with Gasteiger partial charge in [-0.15, -0.1) is 11.8 Å². The summed E-state index contributed by atoms with van der Waals surface area (Å²) < 4.78 is 12.7. The molecule has 2 N–H and O–H groups in total. The van der Waals surface area contributed by atoms with Crippen molar-refractivity contribution in [3.8, 4) is 0 Å². The highest BCUT2D eigenvalue weighted by Gasteiger charge is 2.14. The van der Waals surface area contributed by atoms with Crippen LogP contribution in [0.15, 0.2) is 29.2 Å². The molecular weight excluding hydrogens is 263 g/mol. The Bertz CT molecular complexity index is 404. The number of nitrogens with one attached hydrogen (secondary N) is 2. The molecule has 1 aromatic carbocycles. The second kappa shape index (κ2) is 7.50. The van der Waals surface area contributed by atoms with Crippen molar-refractivity contribution >= 4 is 17.7 Å². The lowest BCUT2D eigenvalue weighted by molar-refractivity contribution is -0.121. The van der Waals surface area contributed by atoms with Crippen molar-refractivity contribution in [2.75, 3.05) is 18.8 Å². The fourth-order valence-corrected chi connectivity index (χ4v) is 2.91. The van der Waals surface area contributed by atoms with E-state index in [0.29, 0.717) is 12.5 Å². The number of benzene rings is 1. The van der Waals surface area contributed by atoms with Crippen molar-refractivity contribution < 1.29 is 9.18 Å². The Morgan fingerprint density at radius 2 is 2.00 bits per heavy atom. The number of carbonyl (C=O) groups is 1. The molecule has 2 rings (SSSR count). The Labute approximate surface area is 117 Å². The van der Waals surface area contributed by atoms with E-state index in [1.807, 2.05) is 0 Å². The van der Waals surface area contributed by atoms with Crippen molar-refractivity contribution in [2.24, 2.45) is 0 Å². The van der Waals surface area contributed by atoms with Gasteiger partial charge in [-0.2, -0.15) is 0 Å². The maximum absolute atomic E-state index is 12.7. The van der Waals surface area contributed by atoms with Gasteiger partial charge in [0.1, 0.15) is 5.82 Å². The highest BCUT2D eigenvalue weighted by atomic mass is 32.2. The van der Waals surface area contributed by atoms with Crippen molar-refractivity contribution in [2.45, 2.75) is 30.2 Å². The minimum Gasteiger partial charge on any atom is -0.353 e. The number of amides is 1. The van der Waals surface area contributed by atoms with Crippen LogP contribution in [0.25, 0.3) is 0 Å². The number of hydrogen-bond donors (Lipinski definition) is 2. The largest absolute Gasteiger partial charge is 0.353 e. The molecule has 1 aromatic rings. The van der Waals surface area contributed by atoms with Crippen LogP contribution in [0.1, 0.15) is 19.3 Å². The molecule has 3 nitrogen and oxygen atoms in total. The number of halogens is 1. The third-order valence-electron chi connectivity index (χ3n) is 3.12. The van der Waals surface area contributed by atoms with Crippen LogP contribution in [0.3, 0.4) is 0 Å². The average Bonchev–Trinajstić information content (AvgIpc) is 2.42. The van der Waals surface area contributed by atoms with E-state index in [9.17, 15) is 9.18 Å². The third kappa shape index (κ3) is 5.20. The topological polar surface area (TPSA) is 41.1 Å². The van der Waals surface area contributed by atoms with E-state index >= 15 is 0 Å². The Morgan fingerprint density at radius 1 is 1.32 bits per heavy atom. The zero-order chi connectivity index (χ0) is 13.5. The number of piperidine rings is 1. The maximum Gasteiger partial charge on any atom is 0.221 e. The van der Waals surface area contributed by atoms with E-state index in [1.165, 1.54) is 12.1 Å². The van der Waals surface area contributed by atoms with Crippen LogP contribution in [0.2, 0.25) is 0 Å². The number of carbonyl (C=O) groups excluding carboxylic acids is 1. The molecule has 0 aromatic heterocycles. The molecule has 0 unspecified atom stereocenters. The standard InChI is InChI=1S/C14H19FN2OS/c15-11-1-3-13(4-2-11)19-10-7-14(18)17-12-5-8-16-9-6-12/h1-4,12,16H,5-10H2,(H,17,18). The maximum atomic E-state index is 12.7. The Hall–Kier alpha value is -1.07. The molecule has 1 aliphatic rings. The van der Waals surface area contributed by atoms with Crippen LogP contribution < -0.4 is 10.6 Å². The van der Waals surface area contributed by atoms with Gasteiger partial charge in [0.2, 0.25) is 5.91 Å². The molecule has 0 saturated carbocycles. The number of thioether (sulfide) groups is 1. The van der Waals surface area contributed by atoms with Gasteiger partial charge in [-0.05, 0) is 50.2 Å². The molecule has 0 atom stereocenters. The smallest absolute Gasteiger partial charge is 0.221 e. The first-order chi connectivity index (χ1) is 9.24. The zero-order valence-electron chi connectivity index (χ0n) is 10.8. The van der Waals surface area contributed by atoms with Crippen molar-refractivity contribution in [3.63, 3.8) is 0 Å². The lowest BCUT2D eigenvalue weighted by Crippen LogP contribution is -2.42. The van der Waals surface area contributed by atoms with Gasteiger partial charge in [-0.1, -0.05) is 0 Å². The molecule has 1 heterocycles. The molecule has 1 amide bonds. The quantitative estimate of drug-likeness (QED) is 0.813. The predicted molar refractivity (Wildman–Crippen MR) is 75.8 cm³/mol. The minimum atomic E-state index is -0.229. The Kier molecular flexibility index (Phi) is 5.66. The van der Waals surface area contributed by atoms with E-state index in [0.717, 1.165) is 36.6 Å². The third-order valence-corrected chi connectivity index (χ3v) is 4.13. The summed E-state index contributed by atoms with van der Waals surface area (Å²) in [5.74, 6) is 0.608. The zero-order valence-corrected chi connectivity index (χ0v) is 11.6. The summed E-state index contributed by atoms with van der Waals surface area (Å²) in [5.41, 5.74) is 0. The van der Waals surface area contributed by atoms with Gasteiger partial charge in [0, 0.05) is 23.1 Å². The summed E-state index contributed by atoms with van der Waals surface area (Å²) >= 11 is 1.58. The molecule has 19 heavy (non-hydrogen) atoms. The first-order valence-corrected chi connectivity index (χ1v) is 7.61. The first kappa shape index (κ1) is 14.3. The fraction of sp³-hybridized carbons (Fsp3) is 0.500. The molecule has 1 saturated heterocycles. The highest BCUT2D eigenvalue weighted by molar-refractivity contribution is 7.99. The fourth-order valence-electron chi connectivity index (χ4n) is 2.06. The molecule has 0 bridgehead atoms. The minimum absolute atomic E-state index is 0.113. The summed E-state index contributed by atoms with van der Waals surface area (Å²) in [6.07, 6.45) is 2.53. The van der Waals surface area contributed by atoms with E-state index in [4.69, 9.17) is 0 Å². The molecule has 104 valence electrons. The van der Waals surface area contributed by atoms with E-state index < -0.39 is 0 Å². The average molecular weight is 282 g/mol. The van der Waals surface area contributed by atoms with Crippen LogP contribution in [0.4, 0.5) is 4.39 Å². The molecule has 1 fully saturated rings. The predicted octanol–water partition coefficient (Wildman–Crippen LogP) is 2.18. The molecular formula is C14H19FN2OS. The van der Waals surface area contributed by atoms with Gasteiger partial charge in [0.25, 0.3) is 0 Å². The summed E-state index contributed by atoms with van der Waals surface area (Å²) in [4.78, 5) is 12.7. The van der Waals surface area contributed by atoms with Gasteiger partial charge in [-0.3, -0.25) is 4.79 Å². The van der Waals surface area contributed by atoms with Crippen LogP contribution in [0, 0.1) is 5.82 Å². The van der Waals surface area contributed by atoms with Crippen molar-refractivity contribution in [1.82, 2.24) is 10.6 Å². The van der Waals surface area contributed by atoms with Crippen molar-refractivity contribution in [3.05, 3.63) is 30.1 Å². The Balaban J connectivity index is 1.64. The van der Waals surface area contributed by atoms with E-state index in [1.54, 1.807) is 23.9 Å². The molecule has 1 aliphatic heterocycles. The number of hydrogen-bond acceptors (Lipinski definition) is 3. The van der Waals surface area contributed by atoms with Gasteiger partial charge < -0.3 is 10.6 Å². The monoisotopic (exact) mass is 282 g/mol. The summed E-state index contributed by atoms with van der Waals surface area (Å²) in [7, 11) is 0. The number of rotatable bonds is 5. The molecule has 0 spiro atoms. The van der Waals surface area contributed by atoms with Gasteiger partial charge in [-0.25, -0.2) is 4.39 Å². The second-order valence-corrected chi connectivity index (χ2v) is 5.81. The summed E-state index contributed by atoms with van der Waals surface area (Å²) in [6, 6.07) is 6.69. The van der Waals surface area contributed by atoms with Gasteiger partial charge in [0.15, 0.2) is 0 Å². The van der Waals surface area contributed by atoms with Crippen LogP contribution in [-0.4, -0.2) is 30.8 Å². The lowest BCUT2D eigenvalue weighted by Gasteiger charge is -2.23.